The van der Waals surface area contributed by atoms with Crippen LogP contribution in [0.4, 0.5) is 5.69 Å². The first-order chi connectivity index (χ1) is 12.6. The number of rotatable bonds is 7. The van der Waals surface area contributed by atoms with Crippen LogP contribution in [0.1, 0.15) is 50.0 Å². The van der Waals surface area contributed by atoms with E-state index in [1.54, 1.807) is 50.2 Å². The molecule has 0 saturated carbocycles. The number of carbonyl (C=O) groups is 1. The lowest BCUT2D eigenvalue weighted by Crippen LogP contribution is -2.42. The number of nitrogens with one attached hydrogen (secondary N) is 1. The van der Waals surface area contributed by atoms with Crippen molar-refractivity contribution < 1.29 is 13.2 Å². The monoisotopic (exact) mass is 388 g/mol. The second-order valence-corrected chi connectivity index (χ2v) is 9.01. The summed E-state index contributed by atoms with van der Waals surface area (Å²) in [5.41, 5.74) is 1.18. The summed E-state index contributed by atoms with van der Waals surface area (Å²) < 4.78 is 27.9. The van der Waals surface area contributed by atoms with Gasteiger partial charge >= 0.3 is 0 Å². The van der Waals surface area contributed by atoms with Crippen molar-refractivity contribution >= 4 is 21.6 Å². The lowest BCUT2D eigenvalue weighted by atomic mass is 10.0. The van der Waals surface area contributed by atoms with Crippen molar-refractivity contribution in [1.82, 2.24) is 5.32 Å². The topological polar surface area (TPSA) is 66.5 Å². The van der Waals surface area contributed by atoms with Gasteiger partial charge in [-0.1, -0.05) is 31.2 Å². The van der Waals surface area contributed by atoms with Crippen LogP contribution in [0.3, 0.4) is 0 Å². The third kappa shape index (κ3) is 4.69. The van der Waals surface area contributed by atoms with E-state index in [0.29, 0.717) is 23.4 Å². The molecule has 0 bridgehead atoms. The highest BCUT2D eigenvalue weighted by molar-refractivity contribution is 7.92. The Morgan fingerprint density at radius 2 is 1.70 bits per heavy atom. The van der Waals surface area contributed by atoms with Crippen LogP contribution in [0.5, 0.6) is 0 Å². The van der Waals surface area contributed by atoms with Gasteiger partial charge in [0.25, 0.3) is 15.9 Å². The summed E-state index contributed by atoms with van der Waals surface area (Å²) in [6, 6.07) is 13.8. The lowest BCUT2D eigenvalue weighted by molar-refractivity contribution is 0.0911. The molecule has 0 aromatic heterocycles. The molecule has 0 unspecified atom stereocenters. The van der Waals surface area contributed by atoms with Gasteiger partial charge in [-0.05, 0) is 63.9 Å². The number of carbonyl (C=O) groups excluding carboxylic acids is 1. The van der Waals surface area contributed by atoms with Crippen molar-refractivity contribution in [3.8, 4) is 0 Å². The zero-order chi connectivity index (χ0) is 20.2. The molecule has 0 atom stereocenters. The molecule has 0 aliphatic rings. The Kier molecular flexibility index (Phi) is 6.31. The molecule has 146 valence electrons. The fourth-order valence-corrected chi connectivity index (χ4v) is 4.42. The number of nitrogens with zero attached hydrogens (tertiary/aromatic N) is 1. The predicted octanol–water partition coefficient (Wildman–Crippen LogP) is 4.13. The van der Waals surface area contributed by atoms with Crippen molar-refractivity contribution in [1.29, 1.82) is 0 Å². The van der Waals surface area contributed by atoms with Gasteiger partial charge in [0.1, 0.15) is 0 Å². The number of anilines is 1. The number of para-hydroxylation sites is 1. The number of hydrogen-bond donors (Lipinski definition) is 1. The Bertz CT molecular complexity index is 906. The van der Waals surface area contributed by atoms with Gasteiger partial charge in [0, 0.05) is 17.6 Å². The normalized spacial score (nSPS) is 11.9. The molecule has 27 heavy (non-hydrogen) atoms. The zero-order valence-corrected chi connectivity index (χ0v) is 17.4. The summed E-state index contributed by atoms with van der Waals surface area (Å²) >= 11 is 0. The van der Waals surface area contributed by atoms with Crippen LogP contribution in [-0.4, -0.2) is 26.4 Å². The van der Waals surface area contributed by atoms with E-state index in [2.05, 4.69) is 5.32 Å². The van der Waals surface area contributed by atoms with E-state index in [4.69, 9.17) is 0 Å². The molecular formula is C21H28N2O3S. The minimum atomic E-state index is -3.79. The molecule has 0 heterocycles. The summed E-state index contributed by atoms with van der Waals surface area (Å²) in [4.78, 5) is 12.7. The van der Waals surface area contributed by atoms with Gasteiger partial charge in [-0.15, -0.1) is 0 Å². The zero-order valence-electron chi connectivity index (χ0n) is 16.6. The van der Waals surface area contributed by atoms with Crippen LogP contribution in [0, 0.1) is 6.92 Å². The second-order valence-electron chi connectivity index (χ2n) is 7.18. The van der Waals surface area contributed by atoms with Gasteiger partial charge in [0.05, 0.1) is 10.6 Å². The van der Waals surface area contributed by atoms with Crippen LogP contribution in [0.2, 0.25) is 0 Å². The van der Waals surface area contributed by atoms with E-state index < -0.39 is 10.0 Å². The van der Waals surface area contributed by atoms with E-state index in [0.717, 1.165) is 6.42 Å². The molecule has 5 nitrogen and oxygen atoms in total. The molecule has 6 heteroatoms. The molecule has 0 aliphatic heterocycles. The summed E-state index contributed by atoms with van der Waals surface area (Å²) in [7, 11) is -3.79. The standard InChI is InChI=1S/C21H28N2O3S/c1-6-21(4,5)22-20(24)17-14-13-16(3)19(15-17)27(25,26)23(7-2)18-11-9-8-10-12-18/h8-15H,6-7H2,1-5H3,(H,22,24). The van der Waals surface area contributed by atoms with Crippen molar-refractivity contribution in [2.75, 3.05) is 10.8 Å². The SMILES string of the molecule is CCN(c1ccccc1)S(=O)(=O)c1cc(C(=O)NC(C)(C)CC)ccc1C. The molecule has 0 fully saturated rings. The first-order valence-electron chi connectivity index (χ1n) is 9.13. The number of aryl methyl sites for hydroxylation is 1. The Labute approximate surface area is 162 Å². The highest BCUT2D eigenvalue weighted by Gasteiger charge is 2.27. The first-order valence-corrected chi connectivity index (χ1v) is 10.6. The third-order valence-electron chi connectivity index (χ3n) is 4.69. The molecule has 1 amide bonds. The summed E-state index contributed by atoms with van der Waals surface area (Å²) in [5.74, 6) is -0.277. The van der Waals surface area contributed by atoms with Gasteiger partial charge in [-0.2, -0.15) is 0 Å². The van der Waals surface area contributed by atoms with Crippen LogP contribution in [0.15, 0.2) is 53.4 Å². The van der Waals surface area contributed by atoms with E-state index >= 15 is 0 Å². The smallest absolute Gasteiger partial charge is 0.264 e. The van der Waals surface area contributed by atoms with Crippen LogP contribution < -0.4 is 9.62 Å². The molecule has 0 spiro atoms. The Morgan fingerprint density at radius 3 is 2.26 bits per heavy atom. The second kappa shape index (κ2) is 8.13. The molecule has 2 rings (SSSR count). The van der Waals surface area contributed by atoms with Crippen molar-refractivity contribution in [3.05, 3.63) is 59.7 Å². The maximum atomic E-state index is 13.3. The third-order valence-corrected chi connectivity index (χ3v) is 6.73. The van der Waals surface area contributed by atoms with Gasteiger partial charge in [-0.3, -0.25) is 9.10 Å². The highest BCUT2D eigenvalue weighted by atomic mass is 32.2. The number of amides is 1. The Balaban J connectivity index is 2.46. The number of hydrogen-bond acceptors (Lipinski definition) is 3. The van der Waals surface area contributed by atoms with Gasteiger partial charge < -0.3 is 5.32 Å². The molecule has 0 radical (unpaired) electrons. The van der Waals surface area contributed by atoms with Crippen LogP contribution in [0.25, 0.3) is 0 Å². The van der Waals surface area contributed by atoms with Gasteiger partial charge in [-0.25, -0.2) is 8.42 Å². The van der Waals surface area contributed by atoms with E-state index in [1.165, 1.54) is 10.4 Å². The van der Waals surface area contributed by atoms with Crippen molar-refractivity contribution in [2.24, 2.45) is 0 Å². The first kappa shape index (κ1) is 21.0. The predicted molar refractivity (Wildman–Crippen MR) is 110 cm³/mol. The quantitative estimate of drug-likeness (QED) is 0.775. The highest BCUT2D eigenvalue weighted by Crippen LogP contribution is 2.26. The van der Waals surface area contributed by atoms with Gasteiger partial charge in [0.15, 0.2) is 0 Å². The minimum absolute atomic E-state index is 0.148. The maximum Gasteiger partial charge on any atom is 0.264 e. The Morgan fingerprint density at radius 1 is 1.07 bits per heavy atom. The largest absolute Gasteiger partial charge is 0.347 e. The maximum absolute atomic E-state index is 13.3. The molecule has 2 aromatic rings. The molecule has 2 aromatic carbocycles. The fraction of sp³-hybridized carbons (Fsp3) is 0.381. The van der Waals surface area contributed by atoms with E-state index in [1.807, 2.05) is 26.8 Å². The van der Waals surface area contributed by atoms with Crippen LogP contribution >= 0.6 is 0 Å². The number of benzene rings is 2. The average molecular weight is 389 g/mol. The average Bonchev–Trinajstić information content (AvgIpc) is 2.62. The van der Waals surface area contributed by atoms with Gasteiger partial charge in [0.2, 0.25) is 0 Å². The lowest BCUT2D eigenvalue weighted by Gasteiger charge is -2.26. The van der Waals surface area contributed by atoms with E-state index in [9.17, 15) is 13.2 Å². The summed E-state index contributed by atoms with van der Waals surface area (Å²) in [6.07, 6.45) is 0.771. The van der Waals surface area contributed by atoms with E-state index in [-0.39, 0.29) is 16.3 Å². The molecule has 0 saturated heterocycles. The molecule has 1 N–H and O–H groups in total. The Hall–Kier alpha value is -2.34. The van der Waals surface area contributed by atoms with Crippen molar-refractivity contribution in [3.63, 3.8) is 0 Å². The molecule has 0 aliphatic carbocycles. The summed E-state index contributed by atoms with van der Waals surface area (Å²) in [6.45, 7) is 9.69. The fourth-order valence-electron chi connectivity index (χ4n) is 2.69. The summed E-state index contributed by atoms with van der Waals surface area (Å²) in [5, 5.41) is 2.95. The van der Waals surface area contributed by atoms with Crippen LogP contribution in [-0.2, 0) is 10.0 Å². The number of sulfonamides is 1. The minimum Gasteiger partial charge on any atom is -0.347 e. The molecular weight excluding hydrogens is 360 g/mol. The van der Waals surface area contributed by atoms with Crippen molar-refractivity contribution in [2.45, 2.75) is 51.5 Å².